The summed E-state index contributed by atoms with van der Waals surface area (Å²) in [4.78, 5) is 20.7. The zero-order chi connectivity index (χ0) is 21.8. The number of amides is 1. The molecular formula is C25H24N4O2S. The van der Waals surface area contributed by atoms with E-state index in [0.717, 1.165) is 59.7 Å². The van der Waals surface area contributed by atoms with E-state index in [4.69, 9.17) is 4.74 Å². The van der Waals surface area contributed by atoms with E-state index in [1.165, 1.54) is 0 Å². The number of anilines is 2. The topological polar surface area (TPSA) is 58.9 Å². The van der Waals surface area contributed by atoms with Crippen LogP contribution in [-0.4, -0.2) is 41.6 Å². The summed E-state index contributed by atoms with van der Waals surface area (Å²) in [6.07, 6.45) is 4.05. The van der Waals surface area contributed by atoms with Crippen LogP contribution in [-0.2, 0) is 10.5 Å². The molecule has 32 heavy (non-hydrogen) atoms. The van der Waals surface area contributed by atoms with E-state index < -0.39 is 0 Å². The quantitative estimate of drug-likeness (QED) is 0.436. The second kappa shape index (κ2) is 9.46. The molecule has 2 aromatic heterocycles. The minimum Gasteiger partial charge on any atom is -0.378 e. The van der Waals surface area contributed by atoms with Crippen LogP contribution in [0.3, 0.4) is 0 Å². The zero-order valence-corrected chi connectivity index (χ0v) is 18.4. The van der Waals surface area contributed by atoms with Crippen molar-refractivity contribution >= 4 is 34.7 Å². The van der Waals surface area contributed by atoms with Crippen LogP contribution in [0.2, 0.25) is 0 Å². The standard InChI is InChI=1S/C25H24N4O2S/c30-25(27-20-6-8-22(9-7-20)28-13-15-31-16-14-28)19-4-10-23(11-5-19)32-18-21-17-29-12-2-1-3-24(29)26-21/h1-12,17H,13-16,18H2,(H,27,30). The summed E-state index contributed by atoms with van der Waals surface area (Å²) in [5.41, 5.74) is 4.56. The lowest BCUT2D eigenvalue weighted by Gasteiger charge is -2.28. The molecule has 0 radical (unpaired) electrons. The molecule has 0 bridgehead atoms. The van der Waals surface area contributed by atoms with Crippen molar-refractivity contribution in [3.8, 4) is 0 Å². The summed E-state index contributed by atoms with van der Waals surface area (Å²) in [6, 6.07) is 21.7. The Balaban J connectivity index is 1.16. The monoisotopic (exact) mass is 444 g/mol. The van der Waals surface area contributed by atoms with Gasteiger partial charge in [-0.05, 0) is 60.7 Å². The summed E-state index contributed by atoms with van der Waals surface area (Å²) < 4.78 is 7.43. The Morgan fingerprint density at radius 2 is 1.78 bits per heavy atom. The van der Waals surface area contributed by atoms with Crippen LogP contribution in [0, 0.1) is 0 Å². The molecule has 162 valence electrons. The highest BCUT2D eigenvalue weighted by atomic mass is 32.2. The second-order valence-electron chi connectivity index (χ2n) is 7.61. The average Bonchev–Trinajstić information content (AvgIpc) is 3.27. The third kappa shape index (κ3) is 4.79. The summed E-state index contributed by atoms with van der Waals surface area (Å²) in [7, 11) is 0. The molecule has 0 saturated carbocycles. The first-order valence-electron chi connectivity index (χ1n) is 10.6. The van der Waals surface area contributed by atoms with Crippen LogP contribution >= 0.6 is 11.8 Å². The Morgan fingerprint density at radius 1 is 1.00 bits per heavy atom. The van der Waals surface area contributed by atoms with E-state index in [1.54, 1.807) is 11.8 Å². The molecule has 5 rings (SSSR count). The number of carbonyl (C=O) groups is 1. The van der Waals surface area contributed by atoms with Crippen molar-refractivity contribution in [3.05, 3.63) is 90.4 Å². The van der Waals surface area contributed by atoms with Crippen molar-refractivity contribution in [2.45, 2.75) is 10.6 Å². The first-order valence-corrected chi connectivity index (χ1v) is 11.6. The molecule has 0 aliphatic carbocycles. The maximum absolute atomic E-state index is 12.6. The van der Waals surface area contributed by atoms with Gasteiger partial charge in [0, 0.05) is 53.1 Å². The van der Waals surface area contributed by atoms with Gasteiger partial charge in [-0.3, -0.25) is 4.79 Å². The number of pyridine rings is 1. The van der Waals surface area contributed by atoms with Crippen molar-refractivity contribution in [3.63, 3.8) is 0 Å². The van der Waals surface area contributed by atoms with Gasteiger partial charge in [-0.15, -0.1) is 11.8 Å². The highest BCUT2D eigenvalue weighted by Gasteiger charge is 2.12. The van der Waals surface area contributed by atoms with E-state index in [9.17, 15) is 4.79 Å². The minimum absolute atomic E-state index is 0.110. The molecular weight excluding hydrogens is 420 g/mol. The van der Waals surface area contributed by atoms with Gasteiger partial charge in [0.1, 0.15) is 5.65 Å². The number of hydrogen-bond donors (Lipinski definition) is 1. The van der Waals surface area contributed by atoms with Crippen molar-refractivity contribution < 1.29 is 9.53 Å². The molecule has 1 saturated heterocycles. The first kappa shape index (κ1) is 20.6. The smallest absolute Gasteiger partial charge is 0.255 e. The molecule has 1 aliphatic rings. The molecule has 4 aromatic rings. The Bertz CT molecular complexity index is 1170. The summed E-state index contributed by atoms with van der Waals surface area (Å²) in [6.45, 7) is 3.30. The Hall–Kier alpha value is -3.29. The molecule has 1 N–H and O–H groups in total. The van der Waals surface area contributed by atoms with Gasteiger partial charge in [-0.25, -0.2) is 4.98 Å². The van der Waals surface area contributed by atoms with Crippen molar-refractivity contribution in [1.29, 1.82) is 0 Å². The molecule has 0 atom stereocenters. The third-order valence-corrected chi connectivity index (χ3v) is 6.46. The molecule has 1 amide bonds. The number of imidazole rings is 1. The van der Waals surface area contributed by atoms with Gasteiger partial charge >= 0.3 is 0 Å². The lowest BCUT2D eigenvalue weighted by atomic mass is 10.2. The van der Waals surface area contributed by atoms with Gasteiger partial charge in [-0.1, -0.05) is 6.07 Å². The largest absolute Gasteiger partial charge is 0.378 e. The summed E-state index contributed by atoms with van der Waals surface area (Å²) in [5.74, 6) is 0.670. The Labute approximate surface area is 191 Å². The van der Waals surface area contributed by atoms with Crippen LogP contribution in [0.15, 0.2) is 84.0 Å². The molecule has 7 heteroatoms. The van der Waals surface area contributed by atoms with E-state index in [1.807, 2.05) is 77.3 Å². The number of ether oxygens (including phenoxy) is 1. The van der Waals surface area contributed by atoms with Crippen molar-refractivity contribution in [2.75, 3.05) is 36.5 Å². The molecule has 2 aromatic carbocycles. The van der Waals surface area contributed by atoms with E-state index >= 15 is 0 Å². The van der Waals surface area contributed by atoms with Gasteiger partial charge < -0.3 is 19.4 Å². The minimum atomic E-state index is -0.110. The number of fused-ring (bicyclic) bond motifs is 1. The van der Waals surface area contributed by atoms with Crippen LogP contribution < -0.4 is 10.2 Å². The SMILES string of the molecule is O=C(Nc1ccc(N2CCOCC2)cc1)c1ccc(SCc2cn3ccccc3n2)cc1. The summed E-state index contributed by atoms with van der Waals surface area (Å²) >= 11 is 1.71. The fourth-order valence-electron chi connectivity index (χ4n) is 3.70. The van der Waals surface area contributed by atoms with Crippen LogP contribution in [0.4, 0.5) is 11.4 Å². The maximum Gasteiger partial charge on any atom is 0.255 e. The summed E-state index contributed by atoms with van der Waals surface area (Å²) in [5, 5.41) is 2.98. The van der Waals surface area contributed by atoms with Crippen LogP contribution in [0.25, 0.3) is 5.65 Å². The van der Waals surface area contributed by atoms with Crippen molar-refractivity contribution in [2.24, 2.45) is 0 Å². The molecule has 1 fully saturated rings. The number of carbonyl (C=O) groups excluding carboxylic acids is 1. The van der Waals surface area contributed by atoms with E-state index in [0.29, 0.717) is 5.56 Å². The lowest BCUT2D eigenvalue weighted by Crippen LogP contribution is -2.36. The third-order valence-electron chi connectivity index (χ3n) is 5.42. The molecule has 3 heterocycles. The van der Waals surface area contributed by atoms with Gasteiger partial charge in [-0.2, -0.15) is 0 Å². The van der Waals surface area contributed by atoms with Crippen LogP contribution in [0.5, 0.6) is 0 Å². The number of nitrogens with one attached hydrogen (secondary N) is 1. The number of aromatic nitrogens is 2. The number of benzene rings is 2. The lowest BCUT2D eigenvalue weighted by molar-refractivity contribution is 0.102. The highest BCUT2D eigenvalue weighted by Crippen LogP contribution is 2.24. The number of morpholine rings is 1. The van der Waals surface area contributed by atoms with Gasteiger partial charge in [0.25, 0.3) is 5.91 Å². The fraction of sp³-hybridized carbons (Fsp3) is 0.200. The molecule has 0 spiro atoms. The molecule has 1 aliphatic heterocycles. The maximum atomic E-state index is 12.6. The van der Waals surface area contributed by atoms with Crippen LogP contribution in [0.1, 0.15) is 16.1 Å². The van der Waals surface area contributed by atoms with E-state index in [2.05, 4.69) is 21.4 Å². The molecule has 6 nitrogen and oxygen atoms in total. The zero-order valence-electron chi connectivity index (χ0n) is 17.6. The highest BCUT2D eigenvalue weighted by molar-refractivity contribution is 7.98. The number of rotatable bonds is 6. The number of nitrogens with zero attached hydrogens (tertiary/aromatic N) is 3. The number of hydrogen-bond acceptors (Lipinski definition) is 5. The van der Waals surface area contributed by atoms with Gasteiger partial charge in [0.05, 0.1) is 18.9 Å². The first-order chi connectivity index (χ1) is 15.7. The predicted molar refractivity (Wildman–Crippen MR) is 129 cm³/mol. The van der Waals surface area contributed by atoms with Gasteiger partial charge in [0.15, 0.2) is 0 Å². The number of thioether (sulfide) groups is 1. The Morgan fingerprint density at radius 3 is 2.53 bits per heavy atom. The fourth-order valence-corrected chi connectivity index (χ4v) is 4.48. The van der Waals surface area contributed by atoms with Crippen molar-refractivity contribution in [1.82, 2.24) is 9.38 Å². The predicted octanol–water partition coefficient (Wildman–Crippen LogP) is 4.72. The average molecular weight is 445 g/mol. The molecule has 0 unspecified atom stereocenters. The Kier molecular flexibility index (Phi) is 6.09. The van der Waals surface area contributed by atoms with E-state index in [-0.39, 0.29) is 5.91 Å². The second-order valence-corrected chi connectivity index (χ2v) is 8.66. The van der Waals surface area contributed by atoms with Gasteiger partial charge in [0.2, 0.25) is 0 Å². The normalized spacial score (nSPS) is 13.9.